The zero-order valence-electron chi connectivity index (χ0n) is 12.4. The van der Waals surface area contributed by atoms with E-state index in [0.29, 0.717) is 12.8 Å². The van der Waals surface area contributed by atoms with Gasteiger partial charge in [-0.15, -0.1) is 0 Å². The third-order valence-corrected chi connectivity index (χ3v) is 3.50. The van der Waals surface area contributed by atoms with Crippen LogP contribution in [0.5, 0.6) is 0 Å². The standard InChI is InChI=1S/C14H25NO5/c1-13(2,3)20-12(19)15-14(7-5-4-6-8-14)10(16)9-11(17)18/h10,16H,4-9H2,1-3H3,(H,15,19)(H,17,18)/t10-/m0/s1. The van der Waals surface area contributed by atoms with E-state index in [0.717, 1.165) is 19.3 Å². The summed E-state index contributed by atoms with van der Waals surface area (Å²) in [6, 6.07) is 0. The molecule has 0 bridgehead atoms. The van der Waals surface area contributed by atoms with Gasteiger partial charge in [0.05, 0.1) is 18.1 Å². The number of carbonyl (C=O) groups excluding carboxylic acids is 1. The van der Waals surface area contributed by atoms with Gasteiger partial charge >= 0.3 is 12.1 Å². The van der Waals surface area contributed by atoms with E-state index in [-0.39, 0.29) is 6.42 Å². The number of hydrogen-bond acceptors (Lipinski definition) is 4. The molecule has 20 heavy (non-hydrogen) atoms. The van der Waals surface area contributed by atoms with Gasteiger partial charge in [0.15, 0.2) is 0 Å². The molecule has 1 rings (SSSR count). The highest BCUT2D eigenvalue weighted by Gasteiger charge is 2.42. The van der Waals surface area contributed by atoms with E-state index >= 15 is 0 Å². The Morgan fingerprint density at radius 3 is 2.25 bits per heavy atom. The predicted molar refractivity (Wildman–Crippen MR) is 73.4 cm³/mol. The van der Waals surface area contributed by atoms with Crippen LogP contribution in [0.2, 0.25) is 0 Å². The summed E-state index contributed by atoms with van der Waals surface area (Å²) >= 11 is 0. The largest absolute Gasteiger partial charge is 0.481 e. The maximum atomic E-state index is 11.9. The number of hydrogen-bond donors (Lipinski definition) is 3. The van der Waals surface area contributed by atoms with Gasteiger partial charge in [-0.25, -0.2) is 4.79 Å². The van der Waals surface area contributed by atoms with Crippen LogP contribution in [0.25, 0.3) is 0 Å². The molecule has 0 aromatic rings. The number of carboxylic acid groups (broad SMARTS) is 1. The predicted octanol–water partition coefficient (Wildman–Crippen LogP) is 2.05. The highest BCUT2D eigenvalue weighted by molar-refractivity contribution is 5.70. The molecular weight excluding hydrogens is 262 g/mol. The van der Waals surface area contributed by atoms with Crippen LogP contribution in [0, 0.1) is 0 Å². The fourth-order valence-corrected chi connectivity index (χ4v) is 2.59. The SMILES string of the molecule is CC(C)(C)OC(=O)NC1([C@@H](O)CC(=O)O)CCCCC1. The van der Waals surface area contributed by atoms with E-state index in [9.17, 15) is 14.7 Å². The third-order valence-electron chi connectivity index (χ3n) is 3.50. The molecule has 0 aromatic carbocycles. The van der Waals surface area contributed by atoms with E-state index in [1.807, 2.05) is 0 Å². The van der Waals surface area contributed by atoms with Crippen LogP contribution in [-0.2, 0) is 9.53 Å². The van der Waals surface area contributed by atoms with Crippen molar-refractivity contribution < 1.29 is 24.5 Å². The van der Waals surface area contributed by atoms with E-state index in [4.69, 9.17) is 9.84 Å². The molecule has 3 N–H and O–H groups in total. The van der Waals surface area contributed by atoms with Gasteiger partial charge < -0.3 is 20.3 Å². The molecule has 116 valence electrons. The second-order valence-electron chi connectivity index (χ2n) is 6.46. The molecule has 0 aliphatic heterocycles. The Hall–Kier alpha value is -1.30. The molecule has 1 aliphatic rings. The minimum absolute atomic E-state index is 0.379. The second-order valence-corrected chi connectivity index (χ2v) is 6.46. The van der Waals surface area contributed by atoms with E-state index in [1.54, 1.807) is 20.8 Å². The number of rotatable bonds is 4. The Morgan fingerprint density at radius 2 is 1.80 bits per heavy atom. The fourth-order valence-electron chi connectivity index (χ4n) is 2.59. The van der Waals surface area contributed by atoms with Gasteiger partial charge in [-0.1, -0.05) is 19.3 Å². The van der Waals surface area contributed by atoms with Crippen molar-refractivity contribution in [1.82, 2.24) is 5.32 Å². The summed E-state index contributed by atoms with van der Waals surface area (Å²) in [5, 5.41) is 21.8. The van der Waals surface area contributed by atoms with Crippen LogP contribution in [0.1, 0.15) is 59.3 Å². The van der Waals surface area contributed by atoms with Gasteiger partial charge in [-0.2, -0.15) is 0 Å². The zero-order valence-corrected chi connectivity index (χ0v) is 12.4. The van der Waals surface area contributed by atoms with Gasteiger partial charge in [-0.3, -0.25) is 4.79 Å². The van der Waals surface area contributed by atoms with Gasteiger partial charge in [0.2, 0.25) is 0 Å². The molecule has 0 heterocycles. The van der Waals surface area contributed by atoms with Gasteiger partial charge in [0.1, 0.15) is 5.60 Å². The Bertz CT molecular complexity index is 355. The monoisotopic (exact) mass is 287 g/mol. The smallest absolute Gasteiger partial charge is 0.408 e. The average molecular weight is 287 g/mol. The molecule has 1 aliphatic carbocycles. The van der Waals surface area contributed by atoms with Crippen LogP contribution in [0.15, 0.2) is 0 Å². The number of nitrogens with one attached hydrogen (secondary N) is 1. The highest BCUT2D eigenvalue weighted by atomic mass is 16.6. The lowest BCUT2D eigenvalue weighted by molar-refractivity contribution is -0.141. The summed E-state index contributed by atoms with van der Waals surface area (Å²) in [5.74, 6) is -1.08. The topological polar surface area (TPSA) is 95.9 Å². The molecule has 1 amide bonds. The summed E-state index contributed by atoms with van der Waals surface area (Å²) < 4.78 is 5.21. The second kappa shape index (κ2) is 6.43. The summed E-state index contributed by atoms with van der Waals surface area (Å²) in [6.45, 7) is 5.27. The lowest BCUT2D eigenvalue weighted by atomic mass is 9.76. The average Bonchev–Trinajstić information content (AvgIpc) is 2.26. The minimum Gasteiger partial charge on any atom is -0.481 e. The summed E-state index contributed by atoms with van der Waals surface area (Å²) in [6.07, 6.45) is 1.78. The number of aliphatic hydroxyl groups is 1. The molecular formula is C14H25NO5. The number of aliphatic hydroxyl groups excluding tert-OH is 1. The van der Waals surface area contributed by atoms with Crippen molar-refractivity contribution in [3.63, 3.8) is 0 Å². The summed E-state index contributed by atoms with van der Waals surface area (Å²) in [7, 11) is 0. The maximum absolute atomic E-state index is 11.9. The Balaban J connectivity index is 2.78. The van der Waals surface area contributed by atoms with E-state index < -0.39 is 29.3 Å². The number of ether oxygens (including phenoxy) is 1. The van der Waals surface area contributed by atoms with Crippen molar-refractivity contribution in [2.75, 3.05) is 0 Å². The molecule has 1 fully saturated rings. The van der Waals surface area contributed by atoms with Crippen molar-refractivity contribution in [3.05, 3.63) is 0 Å². The number of carbonyl (C=O) groups is 2. The van der Waals surface area contributed by atoms with Crippen LogP contribution in [0.3, 0.4) is 0 Å². The van der Waals surface area contributed by atoms with Crippen molar-refractivity contribution in [2.45, 2.75) is 76.5 Å². The first-order valence-corrected chi connectivity index (χ1v) is 7.06. The summed E-state index contributed by atoms with van der Waals surface area (Å²) in [4.78, 5) is 22.7. The van der Waals surface area contributed by atoms with Crippen molar-refractivity contribution in [3.8, 4) is 0 Å². The van der Waals surface area contributed by atoms with Gasteiger partial charge in [0.25, 0.3) is 0 Å². The molecule has 0 radical (unpaired) electrons. The Labute approximate surface area is 119 Å². The first-order chi connectivity index (χ1) is 9.15. The van der Waals surface area contributed by atoms with Gasteiger partial charge in [0, 0.05) is 0 Å². The minimum atomic E-state index is -1.10. The van der Waals surface area contributed by atoms with Crippen molar-refractivity contribution in [1.29, 1.82) is 0 Å². The lowest BCUT2D eigenvalue weighted by Gasteiger charge is -2.41. The Morgan fingerprint density at radius 1 is 1.25 bits per heavy atom. The third kappa shape index (κ3) is 5.00. The molecule has 1 saturated carbocycles. The molecule has 0 spiro atoms. The molecule has 0 saturated heterocycles. The molecule has 0 unspecified atom stereocenters. The molecule has 0 aromatic heterocycles. The van der Waals surface area contributed by atoms with Crippen LogP contribution >= 0.6 is 0 Å². The maximum Gasteiger partial charge on any atom is 0.408 e. The van der Waals surface area contributed by atoms with Gasteiger partial charge in [-0.05, 0) is 33.6 Å². The first kappa shape index (κ1) is 16.8. The van der Waals surface area contributed by atoms with E-state index in [1.165, 1.54) is 0 Å². The summed E-state index contributed by atoms with van der Waals surface area (Å²) in [5.41, 5.74) is -1.52. The number of aliphatic carboxylic acids is 1. The van der Waals surface area contributed by atoms with Crippen LogP contribution < -0.4 is 5.32 Å². The van der Waals surface area contributed by atoms with Crippen LogP contribution in [-0.4, -0.2) is 39.5 Å². The number of alkyl carbamates (subject to hydrolysis) is 1. The molecule has 1 atom stereocenters. The quantitative estimate of drug-likeness (QED) is 0.735. The van der Waals surface area contributed by atoms with E-state index in [2.05, 4.69) is 5.32 Å². The number of carboxylic acids is 1. The lowest BCUT2D eigenvalue weighted by Crippen LogP contribution is -2.58. The first-order valence-electron chi connectivity index (χ1n) is 7.06. The fraction of sp³-hybridized carbons (Fsp3) is 0.857. The normalized spacial score (nSPS) is 20.0. The van der Waals surface area contributed by atoms with Crippen molar-refractivity contribution in [2.24, 2.45) is 0 Å². The Kier molecular flexibility index (Phi) is 5.39. The molecule has 6 heteroatoms. The zero-order chi connectivity index (χ0) is 15.4. The van der Waals surface area contributed by atoms with Crippen LogP contribution in [0.4, 0.5) is 4.79 Å². The molecule has 6 nitrogen and oxygen atoms in total. The highest BCUT2D eigenvalue weighted by Crippen LogP contribution is 2.32. The van der Waals surface area contributed by atoms with Crippen molar-refractivity contribution >= 4 is 12.1 Å². The number of amides is 1.